The van der Waals surface area contributed by atoms with Gasteiger partial charge in [-0.1, -0.05) is 0 Å². The highest BCUT2D eigenvalue weighted by Gasteiger charge is 2.22. The van der Waals surface area contributed by atoms with Gasteiger partial charge in [0.25, 0.3) is 0 Å². The van der Waals surface area contributed by atoms with Gasteiger partial charge in [0.15, 0.2) is 0 Å². The topological polar surface area (TPSA) is 92.7 Å². The van der Waals surface area contributed by atoms with Crippen LogP contribution in [0.1, 0.15) is 13.3 Å². The molecule has 0 aromatic rings. The summed E-state index contributed by atoms with van der Waals surface area (Å²) in [6.07, 6.45) is 1.61. The van der Waals surface area contributed by atoms with Gasteiger partial charge in [0, 0.05) is 11.3 Å². The molecule has 0 aromatic heterocycles. The van der Waals surface area contributed by atoms with Crippen LogP contribution >= 0.6 is 11.8 Å². The molecule has 0 heterocycles. The zero-order valence-corrected chi connectivity index (χ0v) is 11.8. The monoisotopic (exact) mass is 285 g/mol. The Balaban J connectivity index is 4.29. The van der Waals surface area contributed by atoms with Crippen LogP contribution in [0.25, 0.3) is 0 Å². The Hall–Kier alpha value is -0.310. The zero-order chi connectivity index (χ0) is 13.5. The lowest BCUT2D eigenvalue weighted by molar-refractivity contribution is -0.140. The van der Waals surface area contributed by atoms with Gasteiger partial charge in [0.2, 0.25) is 10.0 Å². The van der Waals surface area contributed by atoms with Crippen molar-refractivity contribution in [3.8, 4) is 0 Å². The number of thioether (sulfide) groups is 1. The maximum Gasteiger partial charge on any atom is 0.306 e. The number of sulfonamides is 1. The van der Waals surface area contributed by atoms with Crippen LogP contribution in [-0.2, 0) is 19.6 Å². The average molecular weight is 285 g/mol. The minimum atomic E-state index is -3.53. The smallest absolute Gasteiger partial charge is 0.306 e. The standard InChI is InChI=1S/C9H19NO5S2/c1-7(8(6-11)16-3)10-17(13,14)5-4-9(12)15-2/h7-8,10-11H,4-6H2,1-3H3. The van der Waals surface area contributed by atoms with Crippen LogP contribution < -0.4 is 4.72 Å². The van der Waals surface area contributed by atoms with Crippen molar-refractivity contribution in [2.45, 2.75) is 24.6 Å². The molecule has 0 radical (unpaired) electrons. The Morgan fingerprint density at radius 2 is 2.12 bits per heavy atom. The summed E-state index contributed by atoms with van der Waals surface area (Å²) >= 11 is 1.38. The number of ether oxygens (including phenoxy) is 1. The fourth-order valence-corrected chi connectivity index (χ4v) is 3.17. The van der Waals surface area contributed by atoms with Crippen LogP contribution in [0.5, 0.6) is 0 Å². The molecule has 2 unspecified atom stereocenters. The summed E-state index contributed by atoms with van der Waals surface area (Å²) in [5, 5.41) is 8.81. The molecule has 0 aliphatic carbocycles. The largest absolute Gasteiger partial charge is 0.469 e. The molecule has 0 rings (SSSR count). The van der Waals surface area contributed by atoms with Gasteiger partial charge in [-0.25, -0.2) is 13.1 Å². The van der Waals surface area contributed by atoms with E-state index in [9.17, 15) is 13.2 Å². The number of aliphatic hydroxyl groups is 1. The van der Waals surface area contributed by atoms with E-state index < -0.39 is 22.0 Å². The van der Waals surface area contributed by atoms with Crippen molar-refractivity contribution in [3.05, 3.63) is 0 Å². The SMILES string of the molecule is COC(=O)CCS(=O)(=O)NC(C)C(CO)SC. The van der Waals surface area contributed by atoms with Gasteiger partial charge in [-0.2, -0.15) is 11.8 Å². The second-order valence-corrected chi connectivity index (χ2v) is 6.46. The predicted molar refractivity (Wildman–Crippen MR) is 67.4 cm³/mol. The van der Waals surface area contributed by atoms with E-state index in [1.165, 1.54) is 18.9 Å². The number of rotatable bonds is 8. The van der Waals surface area contributed by atoms with Gasteiger partial charge in [-0.3, -0.25) is 4.79 Å². The van der Waals surface area contributed by atoms with Crippen LogP contribution in [0.15, 0.2) is 0 Å². The molecule has 0 bridgehead atoms. The number of methoxy groups -OCH3 is 1. The van der Waals surface area contributed by atoms with Crippen molar-refractivity contribution in [3.63, 3.8) is 0 Å². The molecule has 0 aliphatic rings. The highest BCUT2D eigenvalue weighted by Crippen LogP contribution is 2.11. The Kier molecular flexibility index (Phi) is 7.77. The lowest BCUT2D eigenvalue weighted by atomic mass is 10.3. The third-order valence-corrected chi connectivity index (χ3v) is 4.84. The van der Waals surface area contributed by atoms with Crippen molar-refractivity contribution in [1.29, 1.82) is 0 Å². The third kappa shape index (κ3) is 6.87. The summed E-state index contributed by atoms with van der Waals surface area (Å²) in [7, 11) is -2.32. The molecule has 0 aliphatic heterocycles. The van der Waals surface area contributed by atoms with Gasteiger partial charge in [0.1, 0.15) is 0 Å². The van der Waals surface area contributed by atoms with Crippen molar-refractivity contribution in [1.82, 2.24) is 4.72 Å². The van der Waals surface area contributed by atoms with E-state index in [2.05, 4.69) is 9.46 Å². The molecule has 0 spiro atoms. The second kappa shape index (κ2) is 7.91. The Morgan fingerprint density at radius 3 is 2.53 bits per heavy atom. The third-order valence-electron chi connectivity index (χ3n) is 2.21. The molecular formula is C9H19NO5S2. The zero-order valence-electron chi connectivity index (χ0n) is 10.2. The number of hydrogen-bond donors (Lipinski definition) is 2. The molecule has 0 saturated heterocycles. The highest BCUT2D eigenvalue weighted by molar-refractivity contribution is 7.99. The Bertz CT molecular complexity index is 326. The number of nitrogens with one attached hydrogen (secondary N) is 1. The maximum atomic E-state index is 11.6. The van der Waals surface area contributed by atoms with Crippen LogP contribution in [0.3, 0.4) is 0 Å². The number of carbonyl (C=O) groups excluding carboxylic acids is 1. The van der Waals surface area contributed by atoms with E-state index in [-0.39, 0.29) is 24.0 Å². The fraction of sp³-hybridized carbons (Fsp3) is 0.889. The number of aliphatic hydroxyl groups excluding tert-OH is 1. The van der Waals surface area contributed by atoms with Crippen molar-refractivity contribution < 1.29 is 23.1 Å². The van der Waals surface area contributed by atoms with E-state index in [4.69, 9.17) is 5.11 Å². The first-order valence-electron chi connectivity index (χ1n) is 5.06. The summed E-state index contributed by atoms with van der Waals surface area (Å²) in [5.74, 6) is -0.872. The van der Waals surface area contributed by atoms with Crippen molar-refractivity contribution in [2.75, 3.05) is 25.7 Å². The number of hydrogen-bond acceptors (Lipinski definition) is 6. The van der Waals surface area contributed by atoms with Crippen LogP contribution in [0.2, 0.25) is 0 Å². The maximum absolute atomic E-state index is 11.6. The molecule has 0 amide bonds. The van der Waals surface area contributed by atoms with E-state index in [1.54, 1.807) is 13.2 Å². The molecule has 0 saturated carbocycles. The average Bonchev–Trinajstić information content (AvgIpc) is 2.27. The second-order valence-electron chi connectivity index (χ2n) is 3.51. The lowest BCUT2D eigenvalue weighted by Crippen LogP contribution is -2.42. The fourth-order valence-electron chi connectivity index (χ4n) is 1.17. The molecule has 6 nitrogen and oxygen atoms in total. The predicted octanol–water partition coefficient (Wildman–Crippen LogP) is -0.419. The van der Waals surface area contributed by atoms with E-state index >= 15 is 0 Å². The molecular weight excluding hydrogens is 266 g/mol. The van der Waals surface area contributed by atoms with Crippen molar-refractivity contribution >= 4 is 27.8 Å². The molecule has 102 valence electrons. The summed E-state index contributed by atoms with van der Waals surface area (Å²) in [6.45, 7) is 1.56. The highest BCUT2D eigenvalue weighted by atomic mass is 32.2. The van der Waals surface area contributed by atoms with E-state index in [0.29, 0.717) is 0 Å². The first-order chi connectivity index (χ1) is 7.86. The molecule has 2 atom stereocenters. The summed E-state index contributed by atoms with van der Waals surface area (Å²) < 4.78 is 30.0. The lowest BCUT2D eigenvalue weighted by Gasteiger charge is -2.20. The van der Waals surface area contributed by atoms with E-state index in [0.717, 1.165) is 0 Å². The molecule has 0 aromatic carbocycles. The van der Waals surface area contributed by atoms with E-state index in [1.807, 2.05) is 0 Å². The van der Waals surface area contributed by atoms with Crippen LogP contribution in [0, 0.1) is 0 Å². The van der Waals surface area contributed by atoms with Gasteiger partial charge in [0.05, 0.1) is 25.9 Å². The van der Waals surface area contributed by atoms with Crippen molar-refractivity contribution in [2.24, 2.45) is 0 Å². The number of esters is 1. The molecule has 0 fully saturated rings. The molecule has 2 N–H and O–H groups in total. The van der Waals surface area contributed by atoms with Gasteiger partial charge in [-0.15, -0.1) is 0 Å². The summed E-state index contributed by atoms with van der Waals surface area (Å²) in [5.41, 5.74) is 0. The van der Waals surface area contributed by atoms with Gasteiger partial charge < -0.3 is 9.84 Å². The Morgan fingerprint density at radius 1 is 1.53 bits per heavy atom. The molecule has 8 heteroatoms. The summed E-state index contributed by atoms with van der Waals surface area (Å²) in [6, 6.07) is -0.391. The van der Waals surface area contributed by atoms with Crippen LogP contribution in [0.4, 0.5) is 0 Å². The molecule has 17 heavy (non-hydrogen) atoms. The first kappa shape index (κ1) is 16.7. The quantitative estimate of drug-likeness (QED) is 0.589. The summed E-state index contributed by atoms with van der Waals surface area (Å²) in [4.78, 5) is 10.8. The van der Waals surface area contributed by atoms with Crippen LogP contribution in [-0.4, -0.2) is 56.5 Å². The Labute approximate surface area is 106 Å². The minimum absolute atomic E-state index is 0.109. The van der Waals surface area contributed by atoms with Gasteiger partial charge >= 0.3 is 5.97 Å². The first-order valence-corrected chi connectivity index (χ1v) is 8.00. The number of carbonyl (C=O) groups is 1. The minimum Gasteiger partial charge on any atom is -0.469 e. The normalized spacial score (nSPS) is 15.3. The van der Waals surface area contributed by atoms with Gasteiger partial charge in [-0.05, 0) is 13.2 Å².